The molecule has 7 heteroatoms. The van der Waals surface area contributed by atoms with Crippen LogP contribution in [0.3, 0.4) is 0 Å². The first-order valence-corrected chi connectivity index (χ1v) is 9.44. The number of aromatic nitrogens is 1. The lowest BCUT2D eigenvalue weighted by Crippen LogP contribution is -2.42. The fraction of sp³-hybridized carbons (Fsp3) is 0.476. The predicted octanol–water partition coefficient (Wildman–Crippen LogP) is 2.49. The van der Waals surface area contributed by atoms with Gasteiger partial charge in [0.1, 0.15) is 11.9 Å². The van der Waals surface area contributed by atoms with E-state index in [9.17, 15) is 14.4 Å². The molecular formula is C21H23NO6. The third kappa shape index (κ3) is 3.80. The van der Waals surface area contributed by atoms with Gasteiger partial charge in [0.05, 0.1) is 18.7 Å². The molecule has 28 heavy (non-hydrogen) atoms. The maximum absolute atomic E-state index is 12.5. The summed E-state index contributed by atoms with van der Waals surface area (Å²) in [6.45, 7) is 5.57. The molecule has 1 unspecified atom stereocenters. The van der Waals surface area contributed by atoms with Crippen LogP contribution < -0.4 is 4.74 Å². The Morgan fingerprint density at radius 2 is 1.96 bits per heavy atom. The second-order valence-electron chi connectivity index (χ2n) is 8.07. The number of rotatable bonds is 7. The number of benzene rings is 1. The first-order chi connectivity index (χ1) is 13.3. The summed E-state index contributed by atoms with van der Waals surface area (Å²) in [6.07, 6.45) is 3.34. The van der Waals surface area contributed by atoms with Crippen LogP contribution in [0, 0.1) is 11.3 Å². The van der Waals surface area contributed by atoms with Gasteiger partial charge in [0.15, 0.2) is 5.78 Å². The number of carbonyl (C=O) groups is 3. The maximum atomic E-state index is 12.5. The highest BCUT2D eigenvalue weighted by Gasteiger charge is 2.38. The third-order valence-electron chi connectivity index (χ3n) is 5.10. The summed E-state index contributed by atoms with van der Waals surface area (Å²) in [5.41, 5.74) is 1.00. The number of carbonyl (C=O) groups excluding carboxylic acids is 3. The fourth-order valence-electron chi connectivity index (χ4n) is 3.34. The van der Waals surface area contributed by atoms with Gasteiger partial charge in [0.25, 0.3) is 0 Å². The molecule has 1 saturated heterocycles. The standard InChI is InChI=1S/C21H23NO6/c1-13(23)18(19(24)27-15-5-6-15)20(25)28-16-4-3-14-7-8-22(17(14)9-16)10-21(2)11-26-12-21/h3-4,7-9,15,18H,5-6,10-12H2,1-2H3. The van der Waals surface area contributed by atoms with Crippen molar-refractivity contribution in [1.82, 2.24) is 4.57 Å². The minimum absolute atomic E-state index is 0.0882. The Kier molecular flexibility index (Phi) is 4.71. The van der Waals surface area contributed by atoms with Crippen LogP contribution in [0.2, 0.25) is 0 Å². The fourth-order valence-corrected chi connectivity index (χ4v) is 3.34. The van der Waals surface area contributed by atoms with E-state index in [-0.39, 0.29) is 17.3 Å². The van der Waals surface area contributed by atoms with Crippen LogP contribution in [0.1, 0.15) is 26.7 Å². The maximum Gasteiger partial charge on any atom is 0.333 e. The zero-order chi connectivity index (χ0) is 19.9. The third-order valence-corrected chi connectivity index (χ3v) is 5.10. The van der Waals surface area contributed by atoms with E-state index < -0.39 is 23.6 Å². The lowest BCUT2D eigenvalue weighted by molar-refractivity contribution is -0.160. The van der Waals surface area contributed by atoms with Crippen LogP contribution in [0.5, 0.6) is 5.75 Å². The van der Waals surface area contributed by atoms with Crippen molar-refractivity contribution in [1.29, 1.82) is 0 Å². The highest BCUT2D eigenvalue weighted by molar-refractivity contribution is 6.14. The molecule has 1 saturated carbocycles. The summed E-state index contributed by atoms with van der Waals surface area (Å²) in [6, 6.07) is 7.25. The lowest BCUT2D eigenvalue weighted by Gasteiger charge is -2.38. The van der Waals surface area contributed by atoms with Crippen LogP contribution in [0.15, 0.2) is 30.5 Å². The van der Waals surface area contributed by atoms with E-state index in [1.165, 1.54) is 6.92 Å². The lowest BCUT2D eigenvalue weighted by atomic mass is 9.88. The highest BCUT2D eigenvalue weighted by Crippen LogP contribution is 2.31. The van der Waals surface area contributed by atoms with Gasteiger partial charge in [-0.1, -0.05) is 6.92 Å². The summed E-state index contributed by atoms with van der Waals surface area (Å²) in [5, 5.41) is 1.01. The molecule has 2 fully saturated rings. The van der Waals surface area contributed by atoms with Crippen LogP contribution in [0.25, 0.3) is 10.9 Å². The molecule has 7 nitrogen and oxygen atoms in total. The number of ketones is 1. The molecule has 4 rings (SSSR count). The van der Waals surface area contributed by atoms with Crippen molar-refractivity contribution in [3.8, 4) is 5.75 Å². The van der Waals surface area contributed by atoms with Gasteiger partial charge in [0, 0.05) is 24.2 Å². The van der Waals surface area contributed by atoms with Crippen molar-refractivity contribution in [3.63, 3.8) is 0 Å². The van der Waals surface area contributed by atoms with Crippen molar-refractivity contribution in [2.24, 2.45) is 11.3 Å². The first kappa shape index (κ1) is 18.7. The first-order valence-electron chi connectivity index (χ1n) is 9.44. The number of esters is 2. The molecule has 2 heterocycles. The Morgan fingerprint density at radius 3 is 2.57 bits per heavy atom. The normalized spacial score (nSPS) is 18.9. The van der Waals surface area contributed by atoms with Crippen molar-refractivity contribution < 1.29 is 28.6 Å². The quantitative estimate of drug-likeness (QED) is 0.414. The van der Waals surface area contributed by atoms with Gasteiger partial charge in [-0.15, -0.1) is 0 Å². The van der Waals surface area contributed by atoms with Crippen molar-refractivity contribution in [2.75, 3.05) is 13.2 Å². The van der Waals surface area contributed by atoms with Gasteiger partial charge in [-0.2, -0.15) is 0 Å². The number of hydrogen-bond donors (Lipinski definition) is 0. The Balaban J connectivity index is 1.52. The molecule has 0 radical (unpaired) electrons. The second-order valence-corrected chi connectivity index (χ2v) is 8.07. The van der Waals surface area contributed by atoms with E-state index >= 15 is 0 Å². The number of hydrogen-bond acceptors (Lipinski definition) is 6. The van der Waals surface area contributed by atoms with Crippen LogP contribution in [-0.2, 0) is 30.4 Å². The van der Waals surface area contributed by atoms with Crippen LogP contribution >= 0.6 is 0 Å². The Morgan fingerprint density at radius 1 is 1.21 bits per heavy atom. The smallest absolute Gasteiger partial charge is 0.333 e. The number of fused-ring (bicyclic) bond motifs is 1. The Hall–Kier alpha value is -2.67. The molecular weight excluding hydrogens is 362 g/mol. The second kappa shape index (κ2) is 7.05. The van der Waals surface area contributed by atoms with Crippen molar-refractivity contribution in [2.45, 2.75) is 39.3 Å². The van der Waals surface area contributed by atoms with E-state index in [0.29, 0.717) is 13.2 Å². The van der Waals surface area contributed by atoms with Gasteiger partial charge in [-0.05, 0) is 43.4 Å². The zero-order valence-corrected chi connectivity index (χ0v) is 16.0. The minimum Gasteiger partial charge on any atom is -0.461 e. The molecule has 0 bridgehead atoms. The SMILES string of the molecule is CC(=O)C(C(=O)Oc1ccc2ccn(CC3(C)COC3)c2c1)C(=O)OC1CC1. The predicted molar refractivity (Wildman–Crippen MR) is 99.8 cm³/mol. The molecule has 1 atom stereocenters. The molecule has 1 aromatic carbocycles. The molecule has 2 aromatic rings. The van der Waals surface area contributed by atoms with Gasteiger partial charge in [-0.3, -0.25) is 14.4 Å². The molecule has 1 aromatic heterocycles. The van der Waals surface area contributed by atoms with Gasteiger partial charge in [0.2, 0.25) is 5.92 Å². The number of ether oxygens (including phenoxy) is 3. The Bertz CT molecular complexity index is 938. The molecule has 0 amide bonds. The van der Waals surface area contributed by atoms with Gasteiger partial charge >= 0.3 is 11.9 Å². The average molecular weight is 385 g/mol. The van der Waals surface area contributed by atoms with Crippen molar-refractivity contribution in [3.05, 3.63) is 30.5 Å². The molecule has 148 valence electrons. The molecule has 0 N–H and O–H groups in total. The van der Waals surface area contributed by atoms with Crippen LogP contribution in [0.4, 0.5) is 0 Å². The Labute approximate surface area is 162 Å². The minimum atomic E-state index is -1.55. The van der Waals surface area contributed by atoms with E-state index in [4.69, 9.17) is 14.2 Å². The average Bonchev–Trinajstić information content (AvgIpc) is 3.33. The molecule has 1 aliphatic carbocycles. The molecule has 1 aliphatic heterocycles. The summed E-state index contributed by atoms with van der Waals surface area (Å²) in [4.78, 5) is 36.4. The summed E-state index contributed by atoms with van der Waals surface area (Å²) >= 11 is 0. The highest BCUT2D eigenvalue weighted by atomic mass is 16.6. The zero-order valence-electron chi connectivity index (χ0n) is 16.0. The van der Waals surface area contributed by atoms with Gasteiger partial charge < -0.3 is 18.8 Å². The van der Waals surface area contributed by atoms with E-state index in [2.05, 4.69) is 11.5 Å². The summed E-state index contributed by atoms with van der Waals surface area (Å²) in [5.74, 6) is -3.58. The monoisotopic (exact) mass is 385 g/mol. The summed E-state index contributed by atoms with van der Waals surface area (Å²) < 4.78 is 17.9. The topological polar surface area (TPSA) is 83.8 Å². The van der Waals surface area contributed by atoms with E-state index in [1.54, 1.807) is 12.1 Å². The van der Waals surface area contributed by atoms with E-state index in [0.717, 1.165) is 30.3 Å². The van der Waals surface area contributed by atoms with Crippen LogP contribution in [-0.4, -0.2) is 41.6 Å². The van der Waals surface area contributed by atoms with Crippen molar-refractivity contribution >= 4 is 28.6 Å². The molecule has 0 spiro atoms. The molecule has 2 aliphatic rings. The summed E-state index contributed by atoms with van der Waals surface area (Å²) in [7, 11) is 0. The largest absolute Gasteiger partial charge is 0.461 e. The number of nitrogens with zero attached hydrogens (tertiary/aromatic N) is 1. The number of Topliss-reactive ketones (excluding diaryl/α,β-unsaturated/α-hetero) is 1. The van der Waals surface area contributed by atoms with E-state index in [1.807, 2.05) is 18.3 Å². The van der Waals surface area contributed by atoms with Gasteiger partial charge in [-0.25, -0.2) is 0 Å².